The van der Waals surface area contributed by atoms with Gasteiger partial charge in [0.15, 0.2) is 6.61 Å². The molecule has 2 N–H and O–H groups in total. The van der Waals surface area contributed by atoms with E-state index in [1.165, 1.54) is 12.3 Å². The maximum absolute atomic E-state index is 12.1. The molecule has 2 aromatic rings. The molecular weight excluding hydrogens is 247 g/mol. The number of halogens is 3. The Balaban J connectivity index is 2.39. The topological polar surface area (TPSA) is 53.1 Å². The van der Waals surface area contributed by atoms with Crippen LogP contribution >= 0.6 is 0 Å². The van der Waals surface area contributed by atoms with Crippen LogP contribution in [0.2, 0.25) is 0 Å². The molecular formula is C11H12F3N3O. The predicted octanol–water partition coefficient (Wildman–Crippen LogP) is 1.97. The zero-order valence-corrected chi connectivity index (χ0v) is 9.66. The molecule has 98 valence electrons. The van der Waals surface area contributed by atoms with E-state index in [-0.39, 0.29) is 12.3 Å². The summed E-state index contributed by atoms with van der Waals surface area (Å²) in [6.07, 6.45) is -2.95. The van der Waals surface area contributed by atoms with Gasteiger partial charge in [0.05, 0.1) is 5.39 Å². The molecule has 0 saturated heterocycles. The zero-order valence-electron chi connectivity index (χ0n) is 9.66. The van der Waals surface area contributed by atoms with Crippen LogP contribution in [-0.4, -0.2) is 22.3 Å². The first-order valence-electron chi connectivity index (χ1n) is 5.25. The van der Waals surface area contributed by atoms with Gasteiger partial charge in [0, 0.05) is 25.5 Å². The molecule has 0 radical (unpaired) electrons. The number of nitrogens with two attached hydrogens (primary N) is 1. The van der Waals surface area contributed by atoms with Crippen molar-refractivity contribution in [2.45, 2.75) is 12.7 Å². The van der Waals surface area contributed by atoms with E-state index in [1.54, 1.807) is 17.7 Å². The molecule has 0 saturated carbocycles. The molecule has 0 aromatic carbocycles. The van der Waals surface area contributed by atoms with Gasteiger partial charge in [0.2, 0.25) is 0 Å². The van der Waals surface area contributed by atoms with Crippen molar-refractivity contribution >= 4 is 11.0 Å². The van der Waals surface area contributed by atoms with Gasteiger partial charge in [0.25, 0.3) is 0 Å². The average molecular weight is 259 g/mol. The van der Waals surface area contributed by atoms with E-state index in [0.29, 0.717) is 11.0 Å². The summed E-state index contributed by atoms with van der Waals surface area (Å²) in [7, 11) is 1.76. The summed E-state index contributed by atoms with van der Waals surface area (Å²) in [6, 6.07) is 3.10. The fourth-order valence-electron chi connectivity index (χ4n) is 1.73. The molecule has 2 rings (SSSR count). The first kappa shape index (κ1) is 12.7. The number of aromatic nitrogens is 2. The lowest BCUT2D eigenvalue weighted by Gasteiger charge is -2.09. The molecule has 2 aromatic heterocycles. The number of ether oxygens (including phenoxy) is 1. The summed E-state index contributed by atoms with van der Waals surface area (Å²) >= 11 is 0. The molecule has 18 heavy (non-hydrogen) atoms. The number of fused-ring (bicyclic) bond motifs is 1. The minimum absolute atomic E-state index is 0.160. The van der Waals surface area contributed by atoms with Gasteiger partial charge < -0.3 is 15.0 Å². The second-order valence-corrected chi connectivity index (χ2v) is 3.85. The monoisotopic (exact) mass is 259 g/mol. The Labute approximate surface area is 101 Å². The number of alkyl halides is 3. The quantitative estimate of drug-likeness (QED) is 0.916. The Morgan fingerprint density at radius 3 is 2.78 bits per heavy atom. The van der Waals surface area contributed by atoms with Crippen molar-refractivity contribution in [3.63, 3.8) is 0 Å². The first-order chi connectivity index (χ1) is 8.42. The fraction of sp³-hybridized carbons (Fsp3) is 0.364. The molecule has 0 bridgehead atoms. The minimum Gasteiger partial charge on any atom is -0.483 e. The standard InChI is InChI=1S/C11H12F3N3O/c1-17-7(5-15)4-8-9(2-3-16-10(8)17)18-6-11(12,13)14/h2-4H,5-6,15H2,1H3. The average Bonchev–Trinajstić information content (AvgIpc) is 2.63. The number of aryl methyl sites for hydroxylation is 1. The number of hydrogen-bond donors (Lipinski definition) is 1. The maximum Gasteiger partial charge on any atom is 0.422 e. The van der Waals surface area contributed by atoms with Gasteiger partial charge in [-0.25, -0.2) is 4.98 Å². The summed E-state index contributed by atoms with van der Waals surface area (Å²) in [5, 5.41) is 0.532. The Kier molecular flexibility index (Phi) is 3.16. The molecule has 0 aliphatic heterocycles. The predicted molar refractivity (Wildman–Crippen MR) is 60.2 cm³/mol. The Morgan fingerprint density at radius 1 is 1.44 bits per heavy atom. The van der Waals surface area contributed by atoms with Crippen LogP contribution in [0.1, 0.15) is 5.69 Å². The third kappa shape index (κ3) is 2.40. The molecule has 0 aliphatic rings. The van der Waals surface area contributed by atoms with Crippen molar-refractivity contribution in [2.75, 3.05) is 6.61 Å². The molecule has 4 nitrogen and oxygen atoms in total. The summed E-state index contributed by atoms with van der Waals surface area (Å²) in [6.45, 7) is -1.04. The van der Waals surface area contributed by atoms with Crippen LogP contribution in [-0.2, 0) is 13.6 Å². The highest BCUT2D eigenvalue weighted by Crippen LogP contribution is 2.28. The Bertz CT molecular complexity index is 562. The molecule has 0 atom stereocenters. The van der Waals surface area contributed by atoms with Crippen LogP contribution in [0.25, 0.3) is 11.0 Å². The molecule has 2 heterocycles. The van der Waals surface area contributed by atoms with Crippen LogP contribution in [0.5, 0.6) is 5.75 Å². The van der Waals surface area contributed by atoms with Gasteiger partial charge in [-0.05, 0) is 12.1 Å². The van der Waals surface area contributed by atoms with Crippen molar-refractivity contribution in [1.82, 2.24) is 9.55 Å². The van der Waals surface area contributed by atoms with Crippen LogP contribution in [0, 0.1) is 0 Å². The number of rotatable bonds is 3. The van der Waals surface area contributed by atoms with Crippen LogP contribution in [0.3, 0.4) is 0 Å². The van der Waals surface area contributed by atoms with Crippen LogP contribution in [0.15, 0.2) is 18.3 Å². The van der Waals surface area contributed by atoms with Crippen LogP contribution < -0.4 is 10.5 Å². The zero-order chi connectivity index (χ0) is 13.3. The number of nitrogens with zero attached hydrogens (tertiary/aromatic N) is 2. The first-order valence-corrected chi connectivity index (χ1v) is 5.25. The Hall–Kier alpha value is -1.76. The lowest BCUT2D eigenvalue weighted by molar-refractivity contribution is -0.153. The van der Waals surface area contributed by atoms with E-state index in [9.17, 15) is 13.2 Å². The third-order valence-electron chi connectivity index (χ3n) is 2.59. The molecule has 0 unspecified atom stereocenters. The highest BCUT2D eigenvalue weighted by molar-refractivity contribution is 5.84. The lowest BCUT2D eigenvalue weighted by Crippen LogP contribution is -2.19. The molecule has 7 heteroatoms. The van der Waals surface area contributed by atoms with Crippen LogP contribution in [0.4, 0.5) is 13.2 Å². The van der Waals surface area contributed by atoms with Crippen molar-refractivity contribution < 1.29 is 17.9 Å². The Morgan fingerprint density at radius 2 is 2.17 bits per heavy atom. The van der Waals surface area contributed by atoms with Gasteiger partial charge in [-0.15, -0.1) is 0 Å². The molecule has 0 spiro atoms. The second kappa shape index (κ2) is 4.49. The molecule has 0 fully saturated rings. The minimum atomic E-state index is -4.36. The van der Waals surface area contributed by atoms with Gasteiger partial charge in [0.1, 0.15) is 11.4 Å². The smallest absolute Gasteiger partial charge is 0.422 e. The van der Waals surface area contributed by atoms with Gasteiger partial charge in [-0.1, -0.05) is 0 Å². The summed E-state index contributed by atoms with van der Waals surface area (Å²) in [5.41, 5.74) is 6.87. The van der Waals surface area contributed by atoms with E-state index in [2.05, 4.69) is 4.98 Å². The van der Waals surface area contributed by atoms with E-state index in [4.69, 9.17) is 10.5 Å². The highest BCUT2D eigenvalue weighted by Gasteiger charge is 2.28. The highest BCUT2D eigenvalue weighted by atomic mass is 19.4. The van der Waals surface area contributed by atoms with Crippen molar-refractivity contribution in [1.29, 1.82) is 0 Å². The van der Waals surface area contributed by atoms with Crippen molar-refractivity contribution in [3.8, 4) is 5.75 Å². The van der Waals surface area contributed by atoms with E-state index in [0.717, 1.165) is 5.69 Å². The van der Waals surface area contributed by atoms with Gasteiger partial charge in [-0.2, -0.15) is 13.2 Å². The van der Waals surface area contributed by atoms with E-state index < -0.39 is 12.8 Å². The SMILES string of the molecule is Cn1c(CN)cc2c(OCC(F)(F)F)ccnc21. The lowest BCUT2D eigenvalue weighted by atomic mass is 10.3. The largest absolute Gasteiger partial charge is 0.483 e. The van der Waals surface area contributed by atoms with Crippen molar-refractivity contribution in [2.24, 2.45) is 12.8 Å². The maximum atomic E-state index is 12.1. The third-order valence-corrected chi connectivity index (χ3v) is 2.59. The summed E-state index contributed by atoms with van der Waals surface area (Å²) < 4.78 is 42.9. The molecule has 0 amide bonds. The van der Waals surface area contributed by atoms with Gasteiger partial charge in [-0.3, -0.25) is 0 Å². The summed E-state index contributed by atoms with van der Waals surface area (Å²) in [5.74, 6) is 0.160. The van der Waals surface area contributed by atoms with Crippen molar-refractivity contribution in [3.05, 3.63) is 24.0 Å². The summed E-state index contributed by atoms with van der Waals surface area (Å²) in [4.78, 5) is 4.10. The normalized spacial score (nSPS) is 12.1. The van der Waals surface area contributed by atoms with E-state index in [1.807, 2.05) is 0 Å². The molecule has 0 aliphatic carbocycles. The van der Waals surface area contributed by atoms with E-state index >= 15 is 0 Å². The number of pyridine rings is 1. The van der Waals surface area contributed by atoms with Gasteiger partial charge >= 0.3 is 6.18 Å². The number of hydrogen-bond acceptors (Lipinski definition) is 3. The fourth-order valence-corrected chi connectivity index (χ4v) is 1.73. The second-order valence-electron chi connectivity index (χ2n) is 3.85.